The minimum absolute atomic E-state index is 0.702. The zero-order chi connectivity index (χ0) is 8.81. The first-order valence-electron chi connectivity index (χ1n) is 5.10. The van der Waals surface area contributed by atoms with Gasteiger partial charge in [-0.2, -0.15) is 0 Å². The van der Waals surface area contributed by atoms with Crippen LogP contribution in [0.25, 0.3) is 0 Å². The van der Waals surface area contributed by atoms with E-state index < -0.39 is 0 Å². The van der Waals surface area contributed by atoms with E-state index in [0.717, 1.165) is 25.7 Å². The fraction of sp³-hybridized carbons (Fsp3) is 1.00. The Kier molecular flexibility index (Phi) is 4.62. The van der Waals surface area contributed by atoms with Crippen molar-refractivity contribution in [2.24, 2.45) is 17.6 Å². The highest BCUT2D eigenvalue weighted by atomic mass is 16.5. The van der Waals surface area contributed by atoms with Crippen molar-refractivity contribution in [3.63, 3.8) is 0 Å². The van der Waals surface area contributed by atoms with Crippen LogP contribution in [0.1, 0.15) is 32.6 Å². The molecule has 0 aromatic rings. The summed E-state index contributed by atoms with van der Waals surface area (Å²) in [6, 6.07) is 0. The summed E-state index contributed by atoms with van der Waals surface area (Å²) in [4.78, 5) is 0. The molecule has 0 aromatic heterocycles. The predicted octanol–water partition coefficient (Wildman–Crippen LogP) is 1.79. The van der Waals surface area contributed by atoms with Gasteiger partial charge in [-0.1, -0.05) is 6.92 Å². The lowest BCUT2D eigenvalue weighted by molar-refractivity contribution is 0.0622. The average Bonchev–Trinajstić information content (AvgIpc) is 2.16. The van der Waals surface area contributed by atoms with Crippen molar-refractivity contribution >= 4 is 0 Å². The van der Waals surface area contributed by atoms with Gasteiger partial charge < -0.3 is 10.5 Å². The van der Waals surface area contributed by atoms with Crippen LogP contribution in [0.2, 0.25) is 0 Å². The van der Waals surface area contributed by atoms with Crippen molar-refractivity contribution in [2.45, 2.75) is 32.6 Å². The molecule has 1 saturated heterocycles. The SMILES string of the molecule is C[C@@H](CN)CCC1CCOCC1. The molecular weight excluding hydrogens is 150 g/mol. The van der Waals surface area contributed by atoms with Crippen LogP contribution in [-0.4, -0.2) is 19.8 Å². The molecule has 1 heterocycles. The van der Waals surface area contributed by atoms with Crippen LogP contribution >= 0.6 is 0 Å². The number of nitrogens with two attached hydrogens (primary N) is 1. The van der Waals surface area contributed by atoms with Crippen LogP contribution in [0.3, 0.4) is 0 Å². The van der Waals surface area contributed by atoms with Gasteiger partial charge in [0.05, 0.1) is 0 Å². The monoisotopic (exact) mass is 171 g/mol. The number of hydrogen-bond acceptors (Lipinski definition) is 2. The van der Waals surface area contributed by atoms with Gasteiger partial charge in [0.15, 0.2) is 0 Å². The van der Waals surface area contributed by atoms with Gasteiger partial charge in [0.25, 0.3) is 0 Å². The molecule has 0 aromatic carbocycles. The van der Waals surface area contributed by atoms with Gasteiger partial charge in [-0.3, -0.25) is 0 Å². The molecule has 0 saturated carbocycles. The van der Waals surface area contributed by atoms with Gasteiger partial charge in [-0.25, -0.2) is 0 Å². The second-order valence-corrected chi connectivity index (χ2v) is 3.97. The molecule has 2 nitrogen and oxygen atoms in total. The highest BCUT2D eigenvalue weighted by Crippen LogP contribution is 2.21. The van der Waals surface area contributed by atoms with Gasteiger partial charge >= 0.3 is 0 Å². The van der Waals surface area contributed by atoms with E-state index in [1.807, 2.05) is 0 Å². The Hall–Kier alpha value is -0.0800. The largest absolute Gasteiger partial charge is 0.381 e. The Labute approximate surface area is 75.5 Å². The van der Waals surface area contributed by atoms with Gasteiger partial charge in [0.2, 0.25) is 0 Å². The summed E-state index contributed by atoms with van der Waals surface area (Å²) in [5.41, 5.74) is 5.56. The van der Waals surface area contributed by atoms with Crippen LogP contribution in [-0.2, 0) is 4.74 Å². The van der Waals surface area contributed by atoms with Crippen LogP contribution in [0, 0.1) is 11.8 Å². The molecule has 12 heavy (non-hydrogen) atoms. The molecule has 0 aliphatic carbocycles. The fourth-order valence-corrected chi connectivity index (χ4v) is 1.67. The third-order valence-corrected chi connectivity index (χ3v) is 2.81. The highest BCUT2D eigenvalue weighted by molar-refractivity contribution is 4.65. The smallest absolute Gasteiger partial charge is 0.0468 e. The molecule has 2 heteroatoms. The van der Waals surface area contributed by atoms with Crippen molar-refractivity contribution in [1.82, 2.24) is 0 Å². The fourth-order valence-electron chi connectivity index (χ4n) is 1.67. The van der Waals surface area contributed by atoms with Gasteiger partial charge in [-0.05, 0) is 44.1 Å². The maximum absolute atomic E-state index is 5.56. The molecule has 1 aliphatic rings. The first-order valence-corrected chi connectivity index (χ1v) is 5.10. The summed E-state index contributed by atoms with van der Waals surface area (Å²) in [5, 5.41) is 0. The molecule has 0 amide bonds. The molecule has 72 valence electrons. The van der Waals surface area contributed by atoms with E-state index >= 15 is 0 Å². The Morgan fingerprint density at radius 3 is 2.67 bits per heavy atom. The molecule has 0 radical (unpaired) electrons. The third-order valence-electron chi connectivity index (χ3n) is 2.81. The first kappa shape index (κ1) is 10.0. The quantitative estimate of drug-likeness (QED) is 0.700. The zero-order valence-corrected chi connectivity index (χ0v) is 8.09. The second-order valence-electron chi connectivity index (χ2n) is 3.97. The van der Waals surface area contributed by atoms with Crippen molar-refractivity contribution in [1.29, 1.82) is 0 Å². The normalized spacial score (nSPS) is 22.5. The molecule has 1 aliphatic heterocycles. The predicted molar refractivity (Wildman–Crippen MR) is 51.0 cm³/mol. The molecule has 1 rings (SSSR count). The molecular formula is C10H21NO. The standard InChI is InChI=1S/C10H21NO/c1-9(8-11)2-3-10-4-6-12-7-5-10/h9-10H,2-8,11H2,1H3/t9-/m1/s1. The molecule has 0 spiro atoms. The van der Waals surface area contributed by atoms with Crippen LogP contribution in [0.4, 0.5) is 0 Å². The third kappa shape index (κ3) is 3.55. The number of rotatable bonds is 4. The summed E-state index contributed by atoms with van der Waals surface area (Å²) in [6.07, 6.45) is 5.16. The molecule has 0 bridgehead atoms. The van der Waals surface area contributed by atoms with E-state index in [4.69, 9.17) is 10.5 Å². The summed E-state index contributed by atoms with van der Waals surface area (Å²) in [5.74, 6) is 1.61. The molecule has 1 atom stereocenters. The Balaban J connectivity index is 2.05. The lowest BCUT2D eigenvalue weighted by atomic mass is 9.91. The topological polar surface area (TPSA) is 35.2 Å². The lowest BCUT2D eigenvalue weighted by Crippen LogP contribution is -2.18. The van der Waals surface area contributed by atoms with Crippen LogP contribution in [0.15, 0.2) is 0 Å². The minimum atomic E-state index is 0.702. The summed E-state index contributed by atoms with van der Waals surface area (Å²) in [7, 11) is 0. The molecule has 2 N–H and O–H groups in total. The van der Waals surface area contributed by atoms with Crippen molar-refractivity contribution in [3.8, 4) is 0 Å². The lowest BCUT2D eigenvalue weighted by Gasteiger charge is -2.22. The van der Waals surface area contributed by atoms with Crippen LogP contribution in [0.5, 0.6) is 0 Å². The Morgan fingerprint density at radius 1 is 1.42 bits per heavy atom. The summed E-state index contributed by atoms with van der Waals surface area (Å²) < 4.78 is 5.31. The zero-order valence-electron chi connectivity index (χ0n) is 8.09. The Morgan fingerprint density at radius 2 is 2.08 bits per heavy atom. The summed E-state index contributed by atoms with van der Waals surface area (Å²) >= 11 is 0. The second kappa shape index (κ2) is 5.55. The van der Waals surface area contributed by atoms with Gasteiger partial charge in [0.1, 0.15) is 0 Å². The van der Waals surface area contributed by atoms with E-state index in [1.165, 1.54) is 25.7 Å². The van der Waals surface area contributed by atoms with E-state index in [2.05, 4.69) is 6.92 Å². The summed E-state index contributed by atoms with van der Waals surface area (Å²) in [6.45, 7) is 5.02. The first-order chi connectivity index (χ1) is 5.83. The van der Waals surface area contributed by atoms with Crippen molar-refractivity contribution < 1.29 is 4.74 Å². The van der Waals surface area contributed by atoms with E-state index in [-0.39, 0.29) is 0 Å². The van der Waals surface area contributed by atoms with Crippen molar-refractivity contribution in [2.75, 3.05) is 19.8 Å². The highest BCUT2D eigenvalue weighted by Gasteiger charge is 2.14. The molecule has 0 unspecified atom stereocenters. The van der Waals surface area contributed by atoms with E-state index in [0.29, 0.717) is 5.92 Å². The van der Waals surface area contributed by atoms with E-state index in [9.17, 15) is 0 Å². The number of ether oxygens (including phenoxy) is 1. The number of hydrogen-bond donors (Lipinski definition) is 1. The van der Waals surface area contributed by atoms with E-state index in [1.54, 1.807) is 0 Å². The maximum atomic E-state index is 5.56. The Bertz CT molecular complexity index is 110. The average molecular weight is 171 g/mol. The minimum Gasteiger partial charge on any atom is -0.381 e. The molecule has 1 fully saturated rings. The van der Waals surface area contributed by atoms with Gasteiger partial charge in [0, 0.05) is 13.2 Å². The van der Waals surface area contributed by atoms with Gasteiger partial charge in [-0.15, -0.1) is 0 Å². The van der Waals surface area contributed by atoms with Crippen molar-refractivity contribution in [3.05, 3.63) is 0 Å². The maximum Gasteiger partial charge on any atom is 0.0468 e. The van der Waals surface area contributed by atoms with Crippen LogP contribution < -0.4 is 5.73 Å².